The van der Waals surface area contributed by atoms with Crippen LogP contribution in [0.1, 0.15) is 136 Å². The van der Waals surface area contributed by atoms with Crippen molar-refractivity contribution in [3.05, 3.63) is 166 Å². The number of rotatable bonds is 16. The highest BCUT2D eigenvalue weighted by Gasteiger charge is 2.45. The third-order valence-corrected chi connectivity index (χ3v) is 15.3. The van der Waals surface area contributed by atoms with E-state index in [1.54, 1.807) is 14.1 Å². The van der Waals surface area contributed by atoms with Gasteiger partial charge in [-0.1, -0.05) is 185 Å². The Labute approximate surface area is 414 Å². The minimum absolute atomic E-state index is 0.0205. The van der Waals surface area contributed by atoms with Gasteiger partial charge in [0, 0.05) is 54.8 Å². The summed E-state index contributed by atoms with van der Waals surface area (Å²) in [5.74, 6) is -0.689. The van der Waals surface area contributed by atoms with Crippen molar-refractivity contribution in [2.75, 3.05) is 33.8 Å². The molecule has 8 rings (SSSR count). The lowest BCUT2D eigenvalue weighted by Gasteiger charge is -2.42. The highest BCUT2D eigenvalue weighted by molar-refractivity contribution is 6.31. The molecule has 5 aromatic rings. The topological polar surface area (TPSA) is 99.6 Å². The van der Waals surface area contributed by atoms with Crippen LogP contribution in [-0.2, 0) is 24.7 Å². The Morgan fingerprint density at radius 3 is 1.87 bits per heavy atom. The number of benzene rings is 5. The number of carbonyl (C=O) groups is 3. The second kappa shape index (κ2) is 23.0. The van der Waals surface area contributed by atoms with Gasteiger partial charge in [0.2, 0.25) is 5.91 Å². The van der Waals surface area contributed by atoms with Crippen LogP contribution in [0.15, 0.2) is 127 Å². The van der Waals surface area contributed by atoms with Gasteiger partial charge in [0.15, 0.2) is 5.60 Å². The van der Waals surface area contributed by atoms with E-state index in [0.29, 0.717) is 41.6 Å². The molecule has 0 bridgehead atoms. The first-order valence-corrected chi connectivity index (χ1v) is 25.7. The molecular formula is C59H70ClN3O6. The van der Waals surface area contributed by atoms with Crippen LogP contribution in [0.3, 0.4) is 0 Å². The van der Waals surface area contributed by atoms with E-state index >= 15 is 9.59 Å². The maximum atomic E-state index is 15.2. The van der Waals surface area contributed by atoms with Crippen molar-refractivity contribution in [2.24, 2.45) is 5.92 Å². The number of hydrogen-bond acceptors (Lipinski definition) is 7. The Hall–Kier alpha value is -5.48. The van der Waals surface area contributed by atoms with Crippen molar-refractivity contribution in [1.29, 1.82) is 0 Å². The van der Waals surface area contributed by atoms with Crippen molar-refractivity contribution in [1.82, 2.24) is 14.7 Å². The molecule has 1 N–H and O–H groups in total. The number of hydrogen-bond donors (Lipinski definition) is 1. The molecule has 2 aliphatic carbocycles. The summed E-state index contributed by atoms with van der Waals surface area (Å²) in [5, 5.41) is 12.8. The number of nitrogens with zero attached hydrogens (tertiary/aromatic N) is 3. The fourth-order valence-corrected chi connectivity index (χ4v) is 11.5. The maximum Gasteiger partial charge on any atom is 0.410 e. The molecule has 5 aromatic carbocycles. The number of likely N-dealkylation sites (tertiary alicyclic amines) is 1. The SMILES string of the molecule is CC(C)C[C@@H](C(=O)N(C)[C@@H](CC(=O)OC(c1ccccc1)(c1ccc(C2CCCCCCC2)cc1)c1ccccc1Cl)C(O)N1CCCCC1)N(C)C(=O)OCC1c2ccccc2-c2ccccc21. The van der Waals surface area contributed by atoms with Crippen LogP contribution in [0.4, 0.5) is 4.79 Å². The highest BCUT2D eigenvalue weighted by Crippen LogP contribution is 2.46. The van der Waals surface area contributed by atoms with Crippen molar-refractivity contribution in [3.63, 3.8) is 0 Å². The molecule has 1 saturated heterocycles. The first-order valence-electron chi connectivity index (χ1n) is 25.4. The molecule has 2 fully saturated rings. The molecule has 2 unspecified atom stereocenters. The molecule has 1 heterocycles. The molecule has 69 heavy (non-hydrogen) atoms. The quantitative estimate of drug-likeness (QED) is 0.0777. The van der Waals surface area contributed by atoms with Crippen molar-refractivity contribution in [3.8, 4) is 11.1 Å². The second-order valence-electron chi connectivity index (χ2n) is 20.0. The molecule has 3 aliphatic rings. The molecule has 1 aliphatic heterocycles. The number of carbonyl (C=O) groups excluding carboxylic acids is 3. The first kappa shape index (κ1) is 49.9. The lowest BCUT2D eigenvalue weighted by Crippen LogP contribution is -2.58. The lowest BCUT2D eigenvalue weighted by molar-refractivity contribution is -0.161. The van der Waals surface area contributed by atoms with Gasteiger partial charge in [-0.3, -0.25) is 19.4 Å². The maximum absolute atomic E-state index is 15.2. The largest absolute Gasteiger partial charge is 0.448 e. The van der Waals surface area contributed by atoms with E-state index in [9.17, 15) is 9.90 Å². The number of esters is 1. The van der Waals surface area contributed by atoms with Gasteiger partial charge in [0.05, 0.1) is 12.5 Å². The minimum atomic E-state index is -1.48. The van der Waals surface area contributed by atoms with Crippen molar-refractivity contribution >= 4 is 29.6 Å². The Kier molecular flexibility index (Phi) is 16.6. The van der Waals surface area contributed by atoms with Gasteiger partial charge >= 0.3 is 12.1 Å². The number of ether oxygens (including phenoxy) is 2. The average molecular weight is 953 g/mol. The number of aliphatic hydroxyl groups is 1. The van der Waals surface area contributed by atoms with E-state index < -0.39 is 41.9 Å². The zero-order valence-corrected chi connectivity index (χ0v) is 41.7. The Bertz CT molecular complexity index is 2460. The zero-order valence-electron chi connectivity index (χ0n) is 40.9. The molecule has 10 heteroatoms. The Balaban J connectivity index is 1.09. The third-order valence-electron chi connectivity index (χ3n) is 15.0. The summed E-state index contributed by atoms with van der Waals surface area (Å²) < 4.78 is 13.0. The third kappa shape index (κ3) is 11.1. The molecule has 9 nitrogen and oxygen atoms in total. The summed E-state index contributed by atoms with van der Waals surface area (Å²) in [5.41, 5.74) is 6.29. The number of aliphatic hydroxyl groups excluding tert-OH is 1. The summed E-state index contributed by atoms with van der Waals surface area (Å²) in [4.78, 5) is 49.2. The Morgan fingerprint density at radius 2 is 1.25 bits per heavy atom. The Morgan fingerprint density at radius 1 is 0.696 bits per heavy atom. The van der Waals surface area contributed by atoms with Crippen LogP contribution in [0.5, 0.6) is 0 Å². The molecule has 364 valence electrons. The lowest BCUT2D eigenvalue weighted by atomic mass is 9.78. The van der Waals surface area contributed by atoms with Crippen LogP contribution in [0.2, 0.25) is 5.02 Å². The van der Waals surface area contributed by atoms with Gasteiger partial charge in [0.1, 0.15) is 18.9 Å². The molecule has 2 amide bonds. The van der Waals surface area contributed by atoms with Gasteiger partial charge in [0.25, 0.3) is 0 Å². The molecule has 1 saturated carbocycles. The van der Waals surface area contributed by atoms with E-state index in [2.05, 4.69) is 48.5 Å². The van der Waals surface area contributed by atoms with Crippen LogP contribution in [0.25, 0.3) is 11.1 Å². The van der Waals surface area contributed by atoms with Gasteiger partial charge in [-0.2, -0.15) is 0 Å². The van der Waals surface area contributed by atoms with E-state index in [0.717, 1.165) is 59.9 Å². The van der Waals surface area contributed by atoms with E-state index in [1.165, 1.54) is 47.5 Å². The predicted molar refractivity (Wildman–Crippen MR) is 274 cm³/mol. The minimum Gasteiger partial charge on any atom is -0.448 e. The fraction of sp³-hybridized carbons (Fsp3) is 0.441. The van der Waals surface area contributed by atoms with Gasteiger partial charge in [-0.15, -0.1) is 0 Å². The van der Waals surface area contributed by atoms with Crippen molar-refractivity contribution in [2.45, 2.75) is 127 Å². The molecule has 0 radical (unpaired) electrons. The monoisotopic (exact) mass is 951 g/mol. The number of amides is 2. The highest BCUT2D eigenvalue weighted by atomic mass is 35.5. The summed E-state index contributed by atoms with van der Waals surface area (Å²) in [6.45, 7) is 5.35. The van der Waals surface area contributed by atoms with E-state index in [1.807, 2.05) is 97.6 Å². The van der Waals surface area contributed by atoms with Crippen LogP contribution in [0, 0.1) is 5.92 Å². The summed E-state index contributed by atoms with van der Waals surface area (Å²) in [6, 6.07) is 40.0. The summed E-state index contributed by atoms with van der Waals surface area (Å²) in [7, 11) is 3.22. The fourth-order valence-electron chi connectivity index (χ4n) is 11.2. The average Bonchev–Trinajstić information content (AvgIpc) is 3.69. The molecule has 0 spiro atoms. The predicted octanol–water partition coefficient (Wildman–Crippen LogP) is 12.3. The van der Waals surface area contributed by atoms with Crippen molar-refractivity contribution < 1.29 is 29.0 Å². The number of fused-ring (bicyclic) bond motifs is 3. The van der Waals surface area contributed by atoms with Crippen LogP contribution >= 0.6 is 11.6 Å². The van der Waals surface area contributed by atoms with Gasteiger partial charge in [-0.25, -0.2) is 4.79 Å². The van der Waals surface area contributed by atoms with E-state index in [-0.39, 0.29) is 24.9 Å². The summed E-state index contributed by atoms with van der Waals surface area (Å²) >= 11 is 7.13. The van der Waals surface area contributed by atoms with E-state index in [4.69, 9.17) is 21.1 Å². The zero-order chi connectivity index (χ0) is 48.5. The van der Waals surface area contributed by atoms with Gasteiger partial charge in [-0.05, 0) is 77.8 Å². The molecule has 4 atom stereocenters. The first-order chi connectivity index (χ1) is 33.5. The van der Waals surface area contributed by atoms with Crippen LogP contribution in [-0.4, -0.2) is 89.9 Å². The van der Waals surface area contributed by atoms with Gasteiger partial charge < -0.3 is 19.5 Å². The standard InChI is InChI=1S/C59H70ClN3O6/c1-41(2)38-53(62(4)58(67)68-40-50-48-28-16-14-26-46(48)47-27-15-17-29-49(47)50)56(65)61(3)54(57(66)63-36-20-9-21-37-63)39-55(64)69-59(44-24-12-8-13-25-44,51-30-18-19-31-52(51)60)45-34-32-43(33-35-45)42-22-10-6-5-7-11-23-42/h8,12-19,24-35,41-42,50,53-54,57,66H,5-7,9-11,20-23,36-40H2,1-4H3/t53-,54-,57?,59?/m0/s1. The second-order valence-corrected chi connectivity index (χ2v) is 20.4. The number of halogens is 1. The number of piperidine rings is 1. The molecular weight excluding hydrogens is 882 g/mol. The smallest absolute Gasteiger partial charge is 0.410 e. The molecule has 0 aromatic heterocycles. The van der Waals surface area contributed by atoms with Crippen LogP contribution < -0.4 is 0 Å². The normalized spacial score (nSPS) is 17.8. The number of likely N-dealkylation sites (N-methyl/N-ethyl adjacent to an activating group) is 2. The summed E-state index contributed by atoms with van der Waals surface area (Å²) in [6.07, 6.45) is 9.52.